The SMILES string of the molecule is O=C(NCc1ccc(C(F)(F)F)cc1)[C@H]1CCCN1S(=O)(=O)c1ccc(F)cc1. The number of carbonyl (C=O) groups is 1. The predicted octanol–water partition coefficient (Wildman–Crippen LogP) is 3.31. The van der Waals surface area contributed by atoms with E-state index in [1.54, 1.807) is 0 Å². The molecule has 0 unspecified atom stereocenters. The molecule has 29 heavy (non-hydrogen) atoms. The summed E-state index contributed by atoms with van der Waals surface area (Å²) in [5, 5.41) is 2.58. The maximum Gasteiger partial charge on any atom is 0.416 e. The molecule has 0 bridgehead atoms. The average molecular weight is 430 g/mol. The van der Waals surface area contributed by atoms with E-state index in [1.165, 1.54) is 12.1 Å². The van der Waals surface area contributed by atoms with Crippen molar-refractivity contribution in [1.82, 2.24) is 9.62 Å². The molecule has 1 aliphatic heterocycles. The van der Waals surface area contributed by atoms with Crippen molar-refractivity contribution in [3.8, 4) is 0 Å². The average Bonchev–Trinajstić information content (AvgIpc) is 3.17. The largest absolute Gasteiger partial charge is 0.416 e. The number of nitrogens with zero attached hydrogens (tertiary/aromatic N) is 1. The molecule has 1 N–H and O–H groups in total. The lowest BCUT2D eigenvalue weighted by molar-refractivity contribution is -0.137. The fraction of sp³-hybridized carbons (Fsp3) is 0.316. The first-order chi connectivity index (χ1) is 13.6. The minimum Gasteiger partial charge on any atom is -0.351 e. The second-order valence-corrected chi connectivity index (χ2v) is 8.53. The summed E-state index contributed by atoms with van der Waals surface area (Å²) >= 11 is 0. The number of nitrogens with one attached hydrogen (secondary N) is 1. The Morgan fingerprint density at radius 1 is 1.07 bits per heavy atom. The molecule has 0 aliphatic carbocycles. The number of hydrogen-bond donors (Lipinski definition) is 1. The second kappa shape index (κ2) is 8.11. The summed E-state index contributed by atoms with van der Waals surface area (Å²) in [6.07, 6.45) is -3.64. The number of carbonyl (C=O) groups excluding carboxylic acids is 1. The van der Waals surface area contributed by atoms with Crippen LogP contribution in [0.5, 0.6) is 0 Å². The quantitative estimate of drug-likeness (QED) is 0.741. The highest BCUT2D eigenvalue weighted by Crippen LogP contribution is 2.29. The van der Waals surface area contributed by atoms with Crippen molar-refractivity contribution in [3.05, 3.63) is 65.5 Å². The number of benzene rings is 2. The van der Waals surface area contributed by atoms with E-state index < -0.39 is 39.5 Å². The Morgan fingerprint density at radius 3 is 2.28 bits per heavy atom. The van der Waals surface area contributed by atoms with Crippen LogP contribution in [0.4, 0.5) is 17.6 Å². The summed E-state index contributed by atoms with van der Waals surface area (Å²) in [6, 6.07) is 7.76. The maximum absolute atomic E-state index is 13.1. The summed E-state index contributed by atoms with van der Waals surface area (Å²) < 4.78 is 77.5. The zero-order chi connectivity index (χ0) is 21.2. The predicted molar refractivity (Wildman–Crippen MR) is 96.6 cm³/mol. The Kier molecular flexibility index (Phi) is 5.95. The van der Waals surface area contributed by atoms with E-state index >= 15 is 0 Å². The van der Waals surface area contributed by atoms with Gasteiger partial charge in [0.1, 0.15) is 11.9 Å². The Bertz CT molecular complexity index is 974. The van der Waals surface area contributed by atoms with Crippen molar-refractivity contribution >= 4 is 15.9 Å². The van der Waals surface area contributed by atoms with E-state index in [-0.39, 0.29) is 18.0 Å². The molecular formula is C19H18F4N2O3S. The summed E-state index contributed by atoms with van der Waals surface area (Å²) in [6.45, 7) is 0.121. The molecule has 2 aromatic rings. The van der Waals surface area contributed by atoms with Crippen LogP contribution >= 0.6 is 0 Å². The first kappa shape index (κ1) is 21.3. The normalized spacial score (nSPS) is 18.0. The molecule has 0 aromatic heterocycles. The standard InChI is InChI=1S/C19H18F4N2O3S/c20-15-7-9-16(10-8-15)29(27,28)25-11-1-2-17(25)18(26)24-12-13-3-5-14(6-4-13)19(21,22)23/h3-10,17H,1-2,11-12H2,(H,24,26)/t17-/m1/s1. The van der Waals surface area contributed by atoms with E-state index in [1.807, 2.05) is 0 Å². The van der Waals surface area contributed by atoms with Gasteiger partial charge in [-0.05, 0) is 54.8 Å². The van der Waals surface area contributed by atoms with Crippen LogP contribution in [-0.4, -0.2) is 31.2 Å². The van der Waals surface area contributed by atoms with Gasteiger partial charge in [-0.3, -0.25) is 4.79 Å². The molecule has 2 aromatic carbocycles. The van der Waals surface area contributed by atoms with Gasteiger partial charge in [0.15, 0.2) is 0 Å². The molecule has 10 heteroatoms. The van der Waals surface area contributed by atoms with E-state index in [0.29, 0.717) is 18.4 Å². The highest BCUT2D eigenvalue weighted by Gasteiger charge is 2.39. The van der Waals surface area contributed by atoms with Crippen LogP contribution in [-0.2, 0) is 27.5 Å². The molecular weight excluding hydrogens is 412 g/mol. The molecule has 5 nitrogen and oxygen atoms in total. The van der Waals surface area contributed by atoms with E-state index in [2.05, 4.69) is 5.32 Å². The van der Waals surface area contributed by atoms with Gasteiger partial charge in [0, 0.05) is 13.1 Å². The van der Waals surface area contributed by atoms with Crippen molar-refractivity contribution in [3.63, 3.8) is 0 Å². The first-order valence-corrected chi connectivity index (χ1v) is 10.2. The molecule has 3 rings (SSSR count). The third-order valence-electron chi connectivity index (χ3n) is 4.67. The number of halogens is 4. The van der Waals surface area contributed by atoms with Crippen LogP contribution in [0.2, 0.25) is 0 Å². The molecule has 0 radical (unpaired) electrons. The van der Waals surface area contributed by atoms with Gasteiger partial charge in [0.25, 0.3) is 0 Å². The van der Waals surface area contributed by atoms with Crippen LogP contribution in [0, 0.1) is 5.82 Å². The molecule has 156 valence electrons. The zero-order valence-corrected chi connectivity index (χ0v) is 15.9. The molecule has 1 fully saturated rings. The van der Waals surface area contributed by atoms with Crippen molar-refractivity contribution in [1.29, 1.82) is 0 Å². The Balaban J connectivity index is 1.68. The van der Waals surface area contributed by atoms with Gasteiger partial charge >= 0.3 is 6.18 Å². The molecule has 0 saturated carbocycles. The monoisotopic (exact) mass is 430 g/mol. The number of rotatable bonds is 5. The summed E-state index contributed by atoms with van der Waals surface area (Å²) in [5.74, 6) is -1.11. The van der Waals surface area contributed by atoms with Crippen LogP contribution in [0.15, 0.2) is 53.4 Å². The van der Waals surface area contributed by atoms with Crippen molar-refractivity contribution in [2.24, 2.45) is 0 Å². The van der Waals surface area contributed by atoms with Gasteiger partial charge in [0.2, 0.25) is 15.9 Å². The number of amides is 1. The summed E-state index contributed by atoms with van der Waals surface area (Å²) in [4.78, 5) is 12.4. The molecule has 1 saturated heterocycles. The van der Waals surface area contributed by atoms with Gasteiger partial charge < -0.3 is 5.32 Å². The third-order valence-corrected chi connectivity index (χ3v) is 6.60. The van der Waals surface area contributed by atoms with Crippen LogP contribution in [0.3, 0.4) is 0 Å². The Morgan fingerprint density at radius 2 is 1.69 bits per heavy atom. The van der Waals surface area contributed by atoms with Gasteiger partial charge in [-0.25, -0.2) is 12.8 Å². The molecule has 1 atom stereocenters. The maximum atomic E-state index is 13.1. The molecule has 1 heterocycles. The van der Waals surface area contributed by atoms with Gasteiger partial charge in [-0.1, -0.05) is 12.1 Å². The van der Waals surface area contributed by atoms with Crippen LogP contribution in [0.25, 0.3) is 0 Å². The van der Waals surface area contributed by atoms with E-state index in [0.717, 1.165) is 40.7 Å². The number of sulfonamides is 1. The number of hydrogen-bond acceptors (Lipinski definition) is 3. The lowest BCUT2D eigenvalue weighted by Gasteiger charge is -2.23. The van der Waals surface area contributed by atoms with Crippen molar-refractivity contribution in [2.75, 3.05) is 6.54 Å². The van der Waals surface area contributed by atoms with Crippen LogP contribution < -0.4 is 5.32 Å². The van der Waals surface area contributed by atoms with E-state index in [4.69, 9.17) is 0 Å². The lowest BCUT2D eigenvalue weighted by Crippen LogP contribution is -2.45. The lowest BCUT2D eigenvalue weighted by atomic mass is 10.1. The second-order valence-electron chi connectivity index (χ2n) is 6.64. The van der Waals surface area contributed by atoms with E-state index in [9.17, 15) is 30.8 Å². The smallest absolute Gasteiger partial charge is 0.351 e. The zero-order valence-electron chi connectivity index (χ0n) is 15.1. The first-order valence-electron chi connectivity index (χ1n) is 8.80. The minimum absolute atomic E-state index is 0.0299. The minimum atomic E-state index is -4.44. The topological polar surface area (TPSA) is 66.5 Å². The summed E-state index contributed by atoms with van der Waals surface area (Å²) in [5.41, 5.74) is -0.336. The molecule has 0 spiro atoms. The number of alkyl halides is 3. The van der Waals surface area contributed by atoms with Gasteiger partial charge in [-0.15, -0.1) is 0 Å². The van der Waals surface area contributed by atoms with Crippen molar-refractivity contribution < 1.29 is 30.8 Å². The fourth-order valence-corrected chi connectivity index (χ4v) is 4.81. The highest BCUT2D eigenvalue weighted by molar-refractivity contribution is 7.89. The van der Waals surface area contributed by atoms with Gasteiger partial charge in [0.05, 0.1) is 10.5 Å². The molecule has 1 amide bonds. The highest BCUT2D eigenvalue weighted by atomic mass is 32.2. The fourth-order valence-electron chi connectivity index (χ4n) is 3.15. The third kappa shape index (κ3) is 4.76. The van der Waals surface area contributed by atoms with Crippen LogP contribution in [0.1, 0.15) is 24.0 Å². The van der Waals surface area contributed by atoms with Gasteiger partial charge in [-0.2, -0.15) is 17.5 Å². The Hall–Kier alpha value is -2.46. The summed E-state index contributed by atoms with van der Waals surface area (Å²) in [7, 11) is -3.97. The van der Waals surface area contributed by atoms with Crippen molar-refractivity contribution in [2.45, 2.75) is 36.5 Å². The molecule has 1 aliphatic rings. The Labute approximate surface area is 165 Å².